The highest BCUT2D eigenvalue weighted by Crippen LogP contribution is 2.24. The monoisotopic (exact) mass is 301 g/mol. The molecule has 0 spiro atoms. The zero-order valence-electron chi connectivity index (χ0n) is 13.3. The number of nitrogens with one attached hydrogen (secondary N) is 1. The summed E-state index contributed by atoms with van der Waals surface area (Å²) in [5, 5.41) is 0. The van der Waals surface area contributed by atoms with Crippen LogP contribution in [0.3, 0.4) is 0 Å². The van der Waals surface area contributed by atoms with Crippen molar-refractivity contribution < 1.29 is 0 Å². The third-order valence-corrected chi connectivity index (χ3v) is 4.46. The van der Waals surface area contributed by atoms with Gasteiger partial charge in [-0.25, -0.2) is 0 Å². The van der Waals surface area contributed by atoms with Crippen LogP contribution in [0, 0.1) is 0 Å². The molecule has 1 N–H and O–H groups in total. The van der Waals surface area contributed by atoms with Gasteiger partial charge < -0.3 is 9.55 Å². The van der Waals surface area contributed by atoms with Crippen molar-refractivity contribution in [3.63, 3.8) is 0 Å². The molecule has 0 radical (unpaired) electrons. The van der Waals surface area contributed by atoms with Crippen molar-refractivity contribution in [3.05, 3.63) is 44.5 Å². The third-order valence-electron chi connectivity index (χ3n) is 4.46. The number of hydrogen-bond donors (Lipinski definition) is 1. The van der Waals surface area contributed by atoms with E-state index < -0.39 is 11.1 Å². The van der Waals surface area contributed by atoms with Crippen LogP contribution in [0.1, 0.15) is 32.3 Å². The molecule has 0 amide bonds. The fourth-order valence-corrected chi connectivity index (χ4v) is 3.57. The zero-order chi connectivity index (χ0) is 15.7. The molecule has 0 saturated carbocycles. The molecule has 1 aromatic carbocycles. The summed E-state index contributed by atoms with van der Waals surface area (Å²) >= 11 is 0. The Morgan fingerprint density at radius 2 is 1.95 bits per heavy atom. The number of H-pyrrole nitrogens is 1. The van der Waals surface area contributed by atoms with Crippen molar-refractivity contribution in [2.24, 2.45) is 0 Å². The first kappa shape index (κ1) is 15.0. The molecular formula is C17H23N3O2. The summed E-state index contributed by atoms with van der Waals surface area (Å²) in [7, 11) is 0. The lowest BCUT2D eigenvalue weighted by molar-refractivity contribution is 0.172. The van der Waals surface area contributed by atoms with Crippen LogP contribution in [0.15, 0.2) is 27.8 Å². The summed E-state index contributed by atoms with van der Waals surface area (Å²) in [6, 6.07) is 6.18. The molecule has 1 aliphatic heterocycles. The van der Waals surface area contributed by atoms with Gasteiger partial charge >= 0.3 is 11.1 Å². The molecule has 5 heteroatoms. The van der Waals surface area contributed by atoms with Crippen molar-refractivity contribution in [2.75, 3.05) is 13.1 Å². The topological polar surface area (TPSA) is 58.1 Å². The van der Waals surface area contributed by atoms with E-state index in [1.807, 2.05) is 12.1 Å². The predicted octanol–water partition coefficient (Wildman–Crippen LogP) is 1.74. The van der Waals surface area contributed by atoms with E-state index in [2.05, 4.69) is 29.8 Å². The van der Waals surface area contributed by atoms with Gasteiger partial charge in [0.15, 0.2) is 0 Å². The molecule has 3 rings (SSSR count). The standard InChI is InChI=1S/C17H23N3O2/c1-3-8-19(9-4-2)13-10-12-6-5-7-14-15(12)20(11-13)17(22)16(21)18-14/h5-7,13H,3-4,8-11H2,1-2H3,(H,18,21). The first-order chi connectivity index (χ1) is 10.7. The van der Waals surface area contributed by atoms with Gasteiger partial charge in [-0.1, -0.05) is 26.0 Å². The molecule has 2 heterocycles. The van der Waals surface area contributed by atoms with Crippen LogP contribution < -0.4 is 11.1 Å². The minimum Gasteiger partial charge on any atom is -0.316 e. The van der Waals surface area contributed by atoms with E-state index in [9.17, 15) is 9.59 Å². The maximum Gasteiger partial charge on any atom is 0.316 e. The maximum atomic E-state index is 12.3. The Balaban J connectivity index is 2.09. The van der Waals surface area contributed by atoms with Crippen molar-refractivity contribution in [1.82, 2.24) is 14.5 Å². The third kappa shape index (κ3) is 2.50. The molecule has 1 atom stereocenters. The van der Waals surface area contributed by atoms with Crippen LogP contribution in [0.2, 0.25) is 0 Å². The molecule has 1 aromatic heterocycles. The van der Waals surface area contributed by atoms with Crippen molar-refractivity contribution in [1.29, 1.82) is 0 Å². The first-order valence-electron chi connectivity index (χ1n) is 8.14. The molecule has 0 fully saturated rings. The molecule has 0 aliphatic carbocycles. The van der Waals surface area contributed by atoms with Crippen LogP contribution in [-0.4, -0.2) is 33.6 Å². The van der Waals surface area contributed by atoms with Gasteiger partial charge in [0, 0.05) is 12.6 Å². The van der Waals surface area contributed by atoms with E-state index in [0.29, 0.717) is 6.54 Å². The Bertz CT molecular complexity index is 785. The molecule has 0 bridgehead atoms. The molecule has 0 saturated heterocycles. The second-order valence-electron chi connectivity index (χ2n) is 6.08. The van der Waals surface area contributed by atoms with Gasteiger partial charge in [-0.2, -0.15) is 0 Å². The number of hydrogen-bond acceptors (Lipinski definition) is 3. The first-order valence-corrected chi connectivity index (χ1v) is 8.14. The Morgan fingerprint density at radius 3 is 2.64 bits per heavy atom. The van der Waals surface area contributed by atoms with Crippen LogP contribution in [0.5, 0.6) is 0 Å². The fourth-order valence-electron chi connectivity index (χ4n) is 3.57. The van der Waals surface area contributed by atoms with Crippen molar-refractivity contribution in [2.45, 2.75) is 45.7 Å². The van der Waals surface area contributed by atoms with Crippen LogP contribution in [0.25, 0.3) is 11.0 Å². The Labute approximate surface area is 129 Å². The Morgan fingerprint density at radius 1 is 1.23 bits per heavy atom. The maximum absolute atomic E-state index is 12.3. The normalized spacial score (nSPS) is 17.3. The minimum absolute atomic E-state index is 0.289. The van der Waals surface area contributed by atoms with Gasteiger partial charge in [0.25, 0.3) is 0 Å². The van der Waals surface area contributed by atoms with Gasteiger partial charge in [0.05, 0.1) is 11.0 Å². The number of rotatable bonds is 5. The molecule has 22 heavy (non-hydrogen) atoms. The van der Waals surface area contributed by atoms with E-state index in [1.54, 1.807) is 4.57 Å². The second kappa shape index (κ2) is 6.08. The average molecular weight is 301 g/mol. The lowest BCUT2D eigenvalue weighted by Crippen LogP contribution is -2.48. The number of para-hydroxylation sites is 1. The van der Waals surface area contributed by atoms with Crippen molar-refractivity contribution in [3.8, 4) is 0 Å². The summed E-state index contributed by atoms with van der Waals surface area (Å²) in [5.41, 5.74) is 1.86. The Hall–Kier alpha value is -1.88. The van der Waals surface area contributed by atoms with Crippen LogP contribution in [-0.2, 0) is 13.0 Å². The Kier molecular flexibility index (Phi) is 4.16. The molecule has 1 unspecified atom stereocenters. The number of aromatic amines is 1. The summed E-state index contributed by atoms with van der Waals surface area (Å²) in [6.45, 7) is 7.02. The van der Waals surface area contributed by atoms with E-state index in [-0.39, 0.29) is 6.04 Å². The summed E-state index contributed by atoms with van der Waals surface area (Å²) in [6.07, 6.45) is 3.12. The lowest BCUT2D eigenvalue weighted by atomic mass is 9.98. The highest BCUT2D eigenvalue weighted by atomic mass is 16.2. The van der Waals surface area contributed by atoms with Crippen LogP contribution >= 0.6 is 0 Å². The fraction of sp³-hybridized carbons (Fsp3) is 0.529. The van der Waals surface area contributed by atoms with Gasteiger partial charge in [-0.3, -0.25) is 14.5 Å². The smallest absolute Gasteiger partial charge is 0.316 e. The molecule has 1 aliphatic rings. The lowest BCUT2D eigenvalue weighted by Gasteiger charge is -2.35. The highest BCUT2D eigenvalue weighted by molar-refractivity contribution is 5.79. The van der Waals surface area contributed by atoms with Gasteiger partial charge in [0.1, 0.15) is 0 Å². The van der Waals surface area contributed by atoms with E-state index in [4.69, 9.17) is 0 Å². The number of nitrogens with zero attached hydrogens (tertiary/aromatic N) is 2. The number of benzene rings is 1. The molecule has 2 aromatic rings. The second-order valence-corrected chi connectivity index (χ2v) is 6.08. The van der Waals surface area contributed by atoms with E-state index in [1.165, 1.54) is 0 Å². The molecule has 5 nitrogen and oxygen atoms in total. The quantitative estimate of drug-likeness (QED) is 0.856. The average Bonchev–Trinajstić information content (AvgIpc) is 2.52. The predicted molar refractivity (Wildman–Crippen MR) is 88.5 cm³/mol. The van der Waals surface area contributed by atoms with Gasteiger partial charge in [-0.15, -0.1) is 0 Å². The summed E-state index contributed by atoms with van der Waals surface area (Å²) in [5.74, 6) is 0. The van der Waals surface area contributed by atoms with Gasteiger partial charge in [0.2, 0.25) is 0 Å². The number of aromatic nitrogens is 2. The van der Waals surface area contributed by atoms with Crippen molar-refractivity contribution >= 4 is 11.0 Å². The van der Waals surface area contributed by atoms with E-state index >= 15 is 0 Å². The minimum atomic E-state index is -0.525. The van der Waals surface area contributed by atoms with Crippen LogP contribution in [0.4, 0.5) is 0 Å². The summed E-state index contributed by atoms with van der Waals surface area (Å²) < 4.78 is 1.68. The SMILES string of the molecule is CCCN(CCC)C1Cc2cccc3[nH]c(=O)c(=O)n(c23)C1. The highest BCUT2D eigenvalue weighted by Gasteiger charge is 2.26. The molecular weight excluding hydrogens is 278 g/mol. The summed E-state index contributed by atoms with van der Waals surface area (Å²) in [4.78, 5) is 29.3. The van der Waals surface area contributed by atoms with Gasteiger partial charge in [-0.05, 0) is 44.0 Å². The molecule has 118 valence electrons. The largest absolute Gasteiger partial charge is 0.316 e. The van der Waals surface area contributed by atoms with E-state index in [0.717, 1.165) is 48.9 Å². The zero-order valence-corrected chi connectivity index (χ0v) is 13.3.